The molecule has 0 heterocycles. The third-order valence-electron chi connectivity index (χ3n) is 1.63. The Balaban J connectivity index is 3.18. The number of methoxy groups -OCH3 is 2. The van der Waals surface area contributed by atoms with Crippen molar-refractivity contribution in [1.82, 2.24) is 0 Å². The SMILES string of the molecule is COc1cc(F)cc(OC)c1OC(F)F. The monoisotopic (exact) mass is 222 g/mol. The highest BCUT2D eigenvalue weighted by Gasteiger charge is 2.17. The van der Waals surface area contributed by atoms with E-state index in [4.69, 9.17) is 9.47 Å². The minimum atomic E-state index is -3.03. The summed E-state index contributed by atoms with van der Waals surface area (Å²) in [5.74, 6) is -1.28. The van der Waals surface area contributed by atoms with Gasteiger partial charge in [0.15, 0.2) is 11.5 Å². The van der Waals surface area contributed by atoms with E-state index in [0.29, 0.717) is 0 Å². The average Bonchev–Trinajstić information content (AvgIpc) is 2.19. The molecule has 0 N–H and O–H groups in total. The van der Waals surface area contributed by atoms with Crippen molar-refractivity contribution in [3.63, 3.8) is 0 Å². The summed E-state index contributed by atoms with van der Waals surface area (Å²) in [7, 11) is 2.43. The number of ether oxygens (including phenoxy) is 3. The maximum Gasteiger partial charge on any atom is 0.387 e. The zero-order valence-electron chi connectivity index (χ0n) is 8.09. The minimum Gasteiger partial charge on any atom is -0.493 e. The molecule has 0 fully saturated rings. The summed E-state index contributed by atoms with van der Waals surface area (Å²) in [6.07, 6.45) is 0. The van der Waals surface area contributed by atoms with Gasteiger partial charge in [-0.3, -0.25) is 0 Å². The Morgan fingerprint density at radius 2 is 1.53 bits per heavy atom. The lowest BCUT2D eigenvalue weighted by atomic mass is 10.3. The maximum atomic E-state index is 12.9. The van der Waals surface area contributed by atoms with Crippen molar-refractivity contribution in [2.45, 2.75) is 6.61 Å². The fourth-order valence-corrected chi connectivity index (χ4v) is 1.05. The molecule has 0 spiro atoms. The smallest absolute Gasteiger partial charge is 0.387 e. The van der Waals surface area contributed by atoms with Crippen molar-refractivity contribution in [3.8, 4) is 17.2 Å². The van der Waals surface area contributed by atoms with E-state index in [0.717, 1.165) is 12.1 Å². The van der Waals surface area contributed by atoms with Crippen LogP contribution in [-0.2, 0) is 0 Å². The van der Waals surface area contributed by atoms with Crippen LogP contribution in [0.5, 0.6) is 17.2 Å². The van der Waals surface area contributed by atoms with Crippen LogP contribution in [0.1, 0.15) is 0 Å². The topological polar surface area (TPSA) is 27.7 Å². The molecule has 1 aromatic rings. The molecule has 0 radical (unpaired) electrons. The molecule has 0 aliphatic rings. The Morgan fingerprint density at radius 3 is 1.87 bits per heavy atom. The van der Waals surface area contributed by atoms with E-state index in [2.05, 4.69) is 4.74 Å². The van der Waals surface area contributed by atoms with E-state index >= 15 is 0 Å². The lowest BCUT2D eigenvalue weighted by Gasteiger charge is -2.13. The predicted octanol–water partition coefficient (Wildman–Crippen LogP) is 2.44. The van der Waals surface area contributed by atoms with E-state index in [1.54, 1.807) is 0 Å². The second-order valence-corrected chi connectivity index (χ2v) is 2.52. The zero-order chi connectivity index (χ0) is 11.4. The quantitative estimate of drug-likeness (QED) is 0.783. The third kappa shape index (κ3) is 2.68. The molecule has 0 saturated heterocycles. The lowest BCUT2D eigenvalue weighted by molar-refractivity contribution is -0.0526. The van der Waals surface area contributed by atoms with Gasteiger partial charge in [-0.05, 0) is 0 Å². The van der Waals surface area contributed by atoms with Crippen molar-refractivity contribution in [1.29, 1.82) is 0 Å². The molecule has 0 bridgehead atoms. The third-order valence-corrected chi connectivity index (χ3v) is 1.63. The van der Waals surface area contributed by atoms with Gasteiger partial charge < -0.3 is 14.2 Å². The van der Waals surface area contributed by atoms with Gasteiger partial charge in [0.2, 0.25) is 5.75 Å². The molecule has 1 rings (SSSR count). The van der Waals surface area contributed by atoms with E-state index in [-0.39, 0.29) is 17.2 Å². The van der Waals surface area contributed by atoms with Gasteiger partial charge in [-0.1, -0.05) is 0 Å². The van der Waals surface area contributed by atoms with Crippen LogP contribution >= 0.6 is 0 Å². The number of benzene rings is 1. The van der Waals surface area contributed by atoms with Crippen LogP contribution in [0, 0.1) is 5.82 Å². The number of alkyl halides is 2. The van der Waals surface area contributed by atoms with Crippen LogP contribution in [-0.4, -0.2) is 20.8 Å². The Hall–Kier alpha value is -1.59. The molecule has 1 aromatic carbocycles. The van der Waals surface area contributed by atoms with Crippen molar-refractivity contribution in [2.75, 3.05) is 14.2 Å². The van der Waals surface area contributed by atoms with Gasteiger partial charge in [-0.15, -0.1) is 0 Å². The molecule has 0 aliphatic heterocycles. The fraction of sp³-hybridized carbons (Fsp3) is 0.333. The fourth-order valence-electron chi connectivity index (χ4n) is 1.05. The normalized spacial score (nSPS) is 10.3. The van der Waals surface area contributed by atoms with Crippen LogP contribution in [0.4, 0.5) is 13.2 Å². The average molecular weight is 222 g/mol. The van der Waals surface area contributed by atoms with Gasteiger partial charge in [0.25, 0.3) is 0 Å². The molecule has 0 unspecified atom stereocenters. The first-order valence-electron chi connectivity index (χ1n) is 3.94. The number of rotatable bonds is 4. The first-order chi connectivity index (χ1) is 7.08. The first-order valence-corrected chi connectivity index (χ1v) is 3.94. The Bertz CT molecular complexity index is 316. The highest BCUT2D eigenvalue weighted by Crippen LogP contribution is 2.38. The van der Waals surface area contributed by atoms with E-state index < -0.39 is 12.4 Å². The second-order valence-electron chi connectivity index (χ2n) is 2.52. The summed E-state index contributed by atoms with van der Waals surface area (Å²) < 4.78 is 50.5. The summed E-state index contributed by atoms with van der Waals surface area (Å²) in [5.41, 5.74) is 0. The molecule has 0 atom stereocenters. The Labute approximate surface area is 84.4 Å². The Kier molecular flexibility index (Phi) is 3.65. The summed E-state index contributed by atoms with van der Waals surface area (Å²) in [5, 5.41) is 0. The molecule has 15 heavy (non-hydrogen) atoms. The minimum absolute atomic E-state index is 0.146. The molecule has 0 saturated carbocycles. The van der Waals surface area contributed by atoms with E-state index in [9.17, 15) is 13.2 Å². The molecule has 84 valence electrons. The van der Waals surface area contributed by atoms with Crippen LogP contribution in [0.25, 0.3) is 0 Å². The molecule has 3 nitrogen and oxygen atoms in total. The van der Waals surface area contributed by atoms with Crippen LogP contribution < -0.4 is 14.2 Å². The van der Waals surface area contributed by atoms with Crippen molar-refractivity contribution in [3.05, 3.63) is 17.9 Å². The summed E-state index contributed by atoms with van der Waals surface area (Å²) >= 11 is 0. The van der Waals surface area contributed by atoms with E-state index in [1.807, 2.05) is 0 Å². The van der Waals surface area contributed by atoms with Gasteiger partial charge in [0, 0.05) is 12.1 Å². The van der Waals surface area contributed by atoms with Gasteiger partial charge >= 0.3 is 6.61 Å². The summed E-state index contributed by atoms with van der Waals surface area (Å²) in [6.45, 7) is -3.03. The van der Waals surface area contributed by atoms with Crippen molar-refractivity contribution >= 4 is 0 Å². The van der Waals surface area contributed by atoms with Gasteiger partial charge in [-0.2, -0.15) is 8.78 Å². The predicted molar refractivity (Wildman–Crippen MR) is 46.1 cm³/mol. The van der Waals surface area contributed by atoms with Crippen molar-refractivity contribution in [2.24, 2.45) is 0 Å². The highest BCUT2D eigenvalue weighted by molar-refractivity contribution is 5.51. The van der Waals surface area contributed by atoms with Crippen LogP contribution in [0.15, 0.2) is 12.1 Å². The molecular formula is C9H9F3O3. The molecule has 0 aromatic heterocycles. The van der Waals surface area contributed by atoms with Crippen LogP contribution in [0.2, 0.25) is 0 Å². The van der Waals surface area contributed by atoms with Crippen LogP contribution in [0.3, 0.4) is 0 Å². The largest absolute Gasteiger partial charge is 0.493 e. The number of hydrogen-bond acceptors (Lipinski definition) is 3. The first kappa shape index (κ1) is 11.5. The lowest BCUT2D eigenvalue weighted by Crippen LogP contribution is -2.05. The summed E-state index contributed by atoms with van der Waals surface area (Å²) in [4.78, 5) is 0. The van der Waals surface area contributed by atoms with Crippen molar-refractivity contribution < 1.29 is 27.4 Å². The standard InChI is InChI=1S/C9H9F3O3/c1-13-6-3-5(10)4-7(14-2)8(6)15-9(11)12/h3-4,9H,1-2H3. The van der Waals surface area contributed by atoms with Gasteiger partial charge in [0.1, 0.15) is 5.82 Å². The zero-order valence-corrected chi connectivity index (χ0v) is 8.09. The van der Waals surface area contributed by atoms with E-state index in [1.165, 1.54) is 14.2 Å². The van der Waals surface area contributed by atoms with Gasteiger partial charge in [0.05, 0.1) is 14.2 Å². The molecular weight excluding hydrogens is 213 g/mol. The molecule has 0 aliphatic carbocycles. The Morgan fingerprint density at radius 1 is 1.07 bits per heavy atom. The molecule has 6 heteroatoms. The summed E-state index contributed by atoms with van der Waals surface area (Å²) in [6, 6.07) is 1.86. The van der Waals surface area contributed by atoms with Gasteiger partial charge in [-0.25, -0.2) is 4.39 Å². The highest BCUT2D eigenvalue weighted by atomic mass is 19.3. The second kappa shape index (κ2) is 4.77. The maximum absolute atomic E-state index is 12.9. The molecule has 0 amide bonds. The number of hydrogen-bond donors (Lipinski definition) is 0. The number of halogens is 3.